The van der Waals surface area contributed by atoms with Crippen LogP contribution in [0.3, 0.4) is 0 Å². The van der Waals surface area contributed by atoms with Gasteiger partial charge in [0, 0.05) is 19.6 Å². The van der Waals surface area contributed by atoms with E-state index in [2.05, 4.69) is 15.5 Å². The Bertz CT molecular complexity index is 807. The number of benzene rings is 2. The molecule has 0 aliphatic carbocycles. The molecule has 0 spiro atoms. The molecule has 154 valence electrons. The lowest BCUT2D eigenvalue weighted by Gasteiger charge is -2.31. The topological polar surface area (TPSA) is 79.9 Å². The van der Waals surface area contributed by atoms with E-state index in [1.54, 1.807) is 24.3 Å². The average Bonchev–Trinajstić information content (AvgIpc) is 2.78. The van der Waals surface area contributed by atoms with E-state index in [1.807, 2.05) is 30.3 Å². The van der Waals surface area contributed by atoms with Crippen LogP contribution in [0.2, 0.25) is 0 Å². The highest BCUT2D eigenvalue weighted by Crippen LogP contribution is 2.17. The lowest BCUT2D eigenvalue weighted by molar-refractivity contribution is -0.121. The molecule has 7 nitrogen and oxygen atoms in total. The zero-order valence-corrected chi connectivity index (χ0v) is 16.6. The predicted octanol–water partition coefficient (Wildman–Crippen LogP) is 1.61. The molecule has 1 heterocycles. The average molecular weight is 397 g/mol. The number of ether oxygens (including phenoxy) is 2. The zero-order chi connectivity index (χ0) is 20.5. The molecule has 1 atom stereocenters. The van der Waals surface area contributed by atoms with Crippen molar-refractivity contribution in [1.29, 1.82) is 0 Å². The minimum Gasteiger partial charge on any atom is -0.496 e. The van der Waals surface area contributed by atoms with Gasteiger partial charge in [-0.2, -0.15) is 0 Å². The second-order valence-corrected chi connectivity index (χ2v) is 6.83. The highest BCUT2D eigenvalue weighted by molar-refractivity contribution is 5.98. The van der Waals surface area contributed by atoms with Gasteiger partial charge in [-0.25, -0.2) is 0 Å². The molecular weight excluding hydrogens is 370 g/mol. The second kappa shape index (κ2) is 10.6. The molecule has 0 aromatic heterocycles. The maximum absolute atomic E-state index is 12.6. The quantitative estimate of drug-likeness (QED) is 0.708. The second-order valence-electron chi connectivity index (χ2n) is 6.83. The third kappa shape index (κ3) is 6.04. The van der Waals surface area contributed by atoms with Gasteiger partial charge >= 0.3 is 0 Å². The Morgan fingerprint density at radius 2 is 1.76 bits per heavy atom. The van der Waals surface area contributed by atoms with Crippen LogP contribution in [-0.4, -0.2) is 63.2 Å². The standard InChI is InChI=1S/C22H27N3O4/c1-28-20-10-6-5-9-18(20)22(27)23-15-21(26)24-19(17-7-3-2-4-8-17)16-25-11-13-29-14-12-25/h2-10,19H,11-16H2,1H3,(H,23,27)(H,24,26). The minimum atomic E-state index is -0.345. The zero-order valence-electron chi connectivity index (χ0n) is 16.6. The van der Waals surface area contributed by atoms with E-state index in [0.717, 1.165) is 18.7 Å². The highest BCUT2D eigenvalue weighted by Gasteiger charge is 2.20. The molecule has 3 rings (SSSR count). The summed E-state index contributed by atoms with van der Waals surface area (Å²) in [7, 11) is 1.51. The smallest absolute Gasteiger partial charge is 0.255 e. The normalized spacial score (nSPS) is 15.3. The number of para-hydroxylation sites is 1. The Labute approximate surface area is 171 Å². The van der Waals surface area contributed by atoms with E-state index in [1.165, 1.54) is 7.11 Å². The van der Waals surface area contributed by atoms with Crippen molar-refractivity contribution in [3.05, 3.63) is 65.7 Å². The van der Waals surface area contributed by atoms with Crippen molar-refractivity contribution < 1.29 is 19.1 Å². The largest absolute Gasteiger partial charge is 0.496 e. The van der Waals surface area contributed by atoms with Crippen LogP contribution in [0.5, 0.6) is 5.75 Å². The van der Waals surface area contributed by atoms with Gasteiger partial charge in [-0.1, -0.05) is 42.5 Å². The first-order chi connectivity index (χ1) is 14.2. The van der Waals surface area contributed by atoms with Crippen LogP contribution >= 0.6 is 0 Å². The molecule has 2 aromatic carbocycles. The van der Waals surface area contributed by atoms with E-state index in [4.69, 9.17) is 9.47 Å². The van der Waals surface area contributed by atoms with E-state index < -0.39 is 0 Å². The molecule has 7 heteroatoms. The molecule has 2 aromatic rings. The first-order valence-corrected chi connectivity index (χ1v) is 9.73. The Balaban J connectivity index is 1.59. The molecule has 2 amide bonds. The van der Waals surface area contributed by atoms with Crippen LogP contribution in [0.15, 0.2) is 54.6 Å². The number of rotatable bonds is 8. The molecule has 1 saturated heterocycles. The van der Waals surface area contributed by atoms with Crippen LogP contribution in [-0.2, 0) is 9.53 Å². The number of carbonyl (C=O) groups is 2. The van der Waals surface area contributed by atoms with Crippen molar-refractivity contribution in [3.63, 3.8) is 0 Å². The highest BCUT2D eigenvalue weighted by atomic mass is 16.5. The Kier molecular flexibility index (Phi) is 7.61. The van der Waals surface area contributed by atoms with Crippen LogP contribution in [0.4, 0.5) is 0 Å². The van der Waals surface area contributed by atoms with Gasteiger partial charge in [0.1, 0.15) is 5.75 Å². The van der Waals surface area contributed by atoms with Crippen molar-refractivity contribution in [2.45, 2.75) is 6.04 Å². The van der Waals surface area contributed by atoms with E-state index in [9.17, 15) is 9.59 Å². The molecular formula is C22H27N3O4. The lowest BCUT2D eigenvalue weighted by atomic mass is 10.1. The van der Waals surface area contributed by atoms with Crippen molar-refractivity contribution in [2.24, 2.45) is 0 Å². The maximum Gasteiger partial charge on any atom is 0.255 e. The predicted molar refractivity (Wildman–Crippen MR) is 110 cm³/mol. The van der Waals surface area contributed by atoms with Gasteiger partial charge in [-0.15, -0.1) is 0 Å². The Morgan fingerprint density at radius 1 is 1.07 bits per heavy atom. The third-order valence-electron chi connectivity index (χ3n) is 4.84. The summed E-state index contributed by atoms with van der Waals surface area (Å²) in [5.41, 5.74) is 1.43. The van der Waals surface area contributed by atoms with Crippen molar-refractivity contribution in [3.8, 4) is 5.75 Å². The number of nitrogens with one attached hydrogen (secondary N) is 2. The van der Waals surface area contributed by atoms with Crippen LogP contribution in [0.25, 0.3) is 0 Å². The maximum atomic E-state index is 12.6. The van der Waals surface area contributed by atoms with Gasteiger partial charge in [0.15, 0.2) is 0 Å². The molecule has 1 aliphatic rings. The van der Waals surface area contributed by atoms with E-state index in [-0.39, 0.29) is 24.4 Å². The SMILES string of the molecule is COc1ccccc1C(=O)NCC(=O)NC(CN1CCOCC1)c1ccccc1. The molecule has 1 fully saturated rings. The number of morpholine rings is 1. The summed E-state index contributed by atoms with van der Waals surface area (Å²) in [5.74, 6) is -0.114. The minimum absolute atomic E-state index is 0.108. The summed E-state index contributed by atoms with van der Waals surface area (Å²) in [6, 6.07) is 16.6. The fourth-order valence-electron chi connectivity index (χ4n) is 3.30. The summed E-state index contributed by atoms with van der Waals surface area (Å²) < 4.78 is 10.6. The molecule has 0 bridgehead atoms. The van der Waals surface area contributed by atoms with Gasteiger partial charge in [0.25, 0.3) is 5.91 Å². The summed E-state index contributed by atoms with van der Waals surface area (Å²) >= 11 is 0. The number of hydrogen-bond donors (Lipinski definition) is 2. The summed E-state index contributed by atoms with van der Waals surface area (Å²) in [4.78, 5) is 27.2. The first kappa shape index (κ1) is 20.8. The van der Waals surface area contributed by atoms with Gasteiger partial charge < -0.3 is 20.1 Å². The Morgan fingerprint density at radius 3 is 2.48 bits per heavy atom. The number of hydrogen-bond acceptors (Lipinski definition) is 5. The lowest BCUT2D eigenvalue weighted by Crippen LogP contribution is -2.45. The molecule has 1 unspecified atom stereocenters. The van der Waals surface area contributed by atoms with Crippen molar-refractivity contribution >= 4 is 11.8 Å². The van der Waals surface area contributed by atoms with Gasteiger partial charge in [0.05, 0.1) is 38.5 Å². The summed E-state index contributed by atoms with van der Waals surface area (Å²) in [5, 5.41) is 5.72. The monoisotopic (exact) mass is 397 g/mol. The number of nitrogens with zero attached hydrogens (tertiary/aromatic N) is 1. The van der Waals surface area contributed by atoms with Crippen molar-refractivity contribution in [2.75, 3.05) is 46.5 Å². The third-order valence-corrected chi connectivity index (χ3v) is 4.84. The van der Waals surface area contributed by atoms with Crippen molar-refractivity contribution in [1.82, 2.24) is 15.5 Å². The number of carbonyl (C=O) groups excluding carboxylic acids is 2. The Hall–Kier alpha value is -2.90. The molecule has 2 N–H and O–H groups in total. The molecule has 0 saturated carbocycles. The molecule has 29 heavy (non-hydrogen) atoms. The first-order valence-electron chi connectivity index (χ1n) is 9.73. The van der Waals surface area contributed by atoms with Crippen LogP contribution in [0.1, 0.15) is 22.0 Å². The number of methoxy groups -OCH3 is 1. The fourth-order valence-corrected chi connectivity index (χ4v) is 3.30. The van der Waals surface area contributed by atoms with Crippen LogP contribution < -0.4 is 15.4 Å². The fraction of sp³-hybridized carbons (Fsp3) is 0.364. The van der Waals surface area contributed by atoms with E-state index in [0.29, 0.717) is 31.1 Å². The van der Waals surface area contributed by atoms with Gasteiger partial charge in [-0.3, -0.25) is 14.5 Å². The molecule has 1 aliphatic heterocycles. The van der Waals surface area contributed by atoms with E-state index >= 15 is 0 Å². The van der Waals surface area contributed by atoms with Crippen LogP contribution in [0, 0.1) is 0 Å². The van der Waals surface area contributed by atoms with Gasteiger partial charge in [-0.05, 0) is 17.7 Å². The number of amides is 2. The summed E-state index contributed by atoms with van der Waals surface area (Å²) in [6.07, 6.45) is 0. The summed E-state index contributed by atoms with van der Waals surface area (Å²) in [6.45, 7) is 3.66. The van der Waals surface area contributed by atoms with Gasteiger partial charge in [0.2, 0.25) is 5.91 Å². The molecule has 0 radical (unpaired) electrons.